The van der Waals surface area contributed by atoms with Crippen LogP contribution in [0.2, 0.25) is 0 Å². The van der Waals surface area contributed by atoms with Crippen LogP contribution in [-0.4, -0.2) is 9.97 Å². The summed E-state index contributed by atoms with van der Waals surface area (Å²) in [6, 6.07) is 1.98. The quantitative estimate of drug-likeness (QED) is 0.703. The molecule has 62 valence electrons. The summed E-state index contributed by atoms with van der Waals surface area (Å²) in [6.45, 7) is 1.92. The lowest BCUT2D eigenvalue weighted by atomic mass is 10.3. The van der Waals surface area contributed by atoms with Gasteiger partial charge in [0.05, 0.1) is 5.69 Å². The van der Waals surface area contributed by atoms with Crippen LogP contribution in [0.4, 0.5) is 5.00 Å². The smallest absolute Gasteiger partial charge is 0.127 e. The average molecular weight is 179 g/mol. The minimum Gasteiger partial charge on any atom is -0.389 e. The summed E-state index contributed by atoms with van der Waals surface area (Å²) in [5.41, 5.74) is 7.70. The molecule has 0 radical (unpaired) electrons. The Hall–Kier alpha value is -1.29. The van der Waals surface area contributed by atoms with E-state index in [2.05, 4.69) is 9.97 Å². The van der Waals surface area contributed by atoms with Crippen molar-refractivity contribution in [3.63, 3.8) is 0 Å². The first kappa shape index (κ1) is 7.36. The van der Waals surface area contributed by atoms with Gasteiger partial charge in [0.25, 0.3) is 0 Å². The van der Waals surface area contributed by atoms with Crippen molar-refractivity contribution in [1.82, 2.24) is 9.97 Å². The first-order valence-corrected chi connectivity index (χ1v) is 4.45. The maximum absolute atomic E-state index is 5.69. The number of hydrogen-bond acceptors (Lipinski definition) is 3. The molecule has 0 amide bonds. The summed E-state index contributed by atoms with van der Waals surface area (Å²) in [4.78, 5) is 7.31. The molecule has 0 saturated heterocycles. The van der Waals surface area contributed by atoms with Crippen LogP contribution in [0.1, 0.15) is 5.69 Å². The molecule has 12 heavy (non-hydrogen) atoms. The molecule has 0 unspecified atom stereocenters. The van der Waals surface area contributed by atoms with Gasteiger partial charge in [-0.1, -0.05) is 11.3 Å². The van der Waals surface area contributed by atoms with E-state index in [1.807, 2.05) is 25.4 Å². The Balaban J connectivity index is 2.48. The lowest BCUT2D eigenvalue weighted by molar-refractivity contribution is 1.27. The van der Waals surface area contributed by atoms with Crippen molar-refractivity contribution in [2.75, 3.05) is 5.73 Å². The molecular formula is C8H9N3S. The Kier molecular flexibility index (Phi) is 1.62. The van der Waals surface area contributed by atoms with E-state index in [0.29, 0.717) is 0 Å². The fourth-order valence-electron chi connectivity index (χ4n) is 0.989. The van der Waals surface area contributed by atoms with E-state index in [1.165, 1.54) is 11.3 Å². The molecule has 0 saturated carbocycles. The number of hydrogen-bond donors (Lipinski definition) is 2. The Morgan fingerprint density at radius 3 is 2.92 bits per heavy atom. The van der Waals surface area contributed by atoms with E-state index >= 15 is 0 Å². The minimum absolute atomic E-state index is 0.797. The Labute approximate surface area is 74.3 Å². The molecule has 0 aromatic carbocycles. The summed E-state index contributed by atoms with van der Waals surface area (Å²) in [7, 11) is 0. The van der Waals surface area contributed by atoms with Crippen molar-refractivity contribution < 1.29 is 0 Å². The SMILES string of the molecule is Cc1nc(-c2cc[nH]c2)sc1N. The molecule has 0 aliphatic carbocycles. The van der Waals surface area contributed by atoms with Crippen LogP contribution in [0.15, 0.2) is 18.5 Å². The van der Waals surface area contributed by atoms with E-state index in [1.54, 1.807) is 0 Å². The van der Waals surface area contributed by atoms with Gasteiger partial charge in [0.1, 0.15) is 10.0 Å². The molecule has 0 bridgehead atoms. The van der Waals surface area contributed by atoms with Gasteiger partial charge in [0.2, 0.25) is 0 Å². The second-order valence-electron chi connectivity index (χ2n) is 2.57. The first-order chi connectivity index (χ1) is 5.77. The molecule has 2 heterocycles. The molecule has 2 rings (SSSR count). The molecule has 0 aliphatic rings. The standard InChI is InChI=1S/C8H9N3S/c1-5-7(9)12-8(11-5)6-2-3-10-4-6/h2-4,10H,9H2,1H3. The third-order valence-electron chi connectivity index (χ3n) is 1.68. The molecule has 4 heteroatoms. The van der Waals surface area contributed by atoms with Crippen molar-refractivity contribution in [3.05, 3.63) is 24.2 Å². The molecule has 0 aliphatic heterocycles. The fourth-order valence-corrected chi connectivity index (χ4v) is 1.82. The number of anilines is 1. The number of nitrogens with one attached hydrogen (secondary N) is 1. The Bertz CT molecular complexity index is 355. The first-order valence-electron chi connectivity index (χ1n) is 3.63. The van der Waals surface area contributed by atoms with Crippen LogP contribution in [0.25, 0.3) is 10.6 Å². The maximum atomic E-state index is 5.69. The monoisotopic (exact) mass is 179 g/mol. The number of thiazole rings is 1. The number of rotatable bonds is 1. The van der Waals surface area contributed by atoms with Crippen LogP contribution < -0.4 is 5.73 Å². The van der Waals surface area contributed by atoms with Gasteiger partial charge in [0.15, 0.2) is 0 Å². The number of nitrogen functional groups attached to an aromatic ring is 1. The average Bonchev–Trinajstić information content (AvgIpc) is 2.61. The molecule has 0 fully saturated rings. The summed E-state index contributed by atoms with van der Waals surface area (Å²) in [5.74, 6) is 0. The lowest BCUT2D eigenvalue weighted by Crippen LogP contribution is -1.81. The van der Waals surface area contributed by atoms with Crippen LogP contribution in [0.5, 0.6) is 0 Å². The predicted molar refractivity (Wildman–Crippen MR) is 51.1 cm³/mol. The molecule has 3 N–H and O–H groups in total. The summed E-state index contributed by atoms with van der Waals surface area (Å²) in [5, 5.41) is 1.78. The van der Waals surface area contributed by atoms with E-state index < -0.39 is 0 Å². The van der Waals surface area contributed by atoms with Gasteiger partial charge in [-0.05, 0) is 13.0 Å². The molecule has 2 aromatic rings. The van der Waals surface area contributed by atoms with Gasteiger partial charge < -0.3 is 10.7 Å². The van der Waals surface area contributed by atoms with Crippen molar-refractivity contribution in [3.8, 4) is 10.6 Å². The number of nitrogens with two attached hydrogens (primary N) is 1. The number of aromatic amines is 1. The van der Waals surface area contributed by atoms with Gasteiger partial charge in [-0.15, -0.1) is 0 Å². The number of aryl methyl sites for hydroxylation is 1. The summed E-state index contributed by atoms with van der Waals surface area (Å²) in [6.07, 6.45) is 3.79. The predicted octanol–water partition coefficient (Wildman–Crippen LogP) is 2.03. The van der Waals surface area contributed by atoms with Crippen LogP contribution in [0, 0.1) is 6.92 Å². The largest absolute Gasteiger partial charge is 0.389 e. The zero-order chi connectivity index (χ0) is 8.55. The molecule has 0 atom stereocenters. The maximum Gasteiger partial charge on any atom is 0.127 e. The zero-order valence-corrected chi connectivity index (χ0v) is 7.48. The molecule has 0 spiro atoms. The van der Waals surface area contributed by atoms with E-state index in [-0.39, 0.29) is 0 Å². The molecule has 3 nitrogen and oxygen atoms in total. The number of nitrogens with zero attached hydrogens (tertiary/aromatic N) is 1. The fraction of sp³-hybridized carbons (Fsp3) is 0.125. The lowest BCUT2D eigenvalue weighted by Gasteiger charge is -1.84. The zero-order valence-electron chi connectivity index (χ0n) is 6.66. The van der Waals surface area contributed by atoms with Gasteiger partial charge >= 0.3 is 0 Å². The molecule has 2 aromatic heterocycles. The van der Waals surface area contributed by atoms with Crippen LogP contribution >= 0.6 is 11.3 Å². The van der Waals surface area contributed by atoms with Gasteiger partial charge in [-0.25, -0.2) is 4.98 Å². The summed E-state index contributed by atoms with van der Waals surface area (Å²) >= 11 is 1.52. The Morgan fingerprint density at radius 2 is 2.42 bits per heavy atom. The summed E-state index contributed by atoms with van der Waals surface area (Å²) < 4.78 is 0. The highest BCUT2D eigenvalue weighted by Crippen LogP contribution is 2.28. The van der Waals surface area contributed by atoms with E-state index in [0.717, 1.165) is 21.3 Å². The number of H-pyrrole nitrogens is 1. The highest BCUT2D eigenvalue weighted by atomic mass is 32.1. The van der Waals surface area contributed by atoms with E-state index in [9.17, 15) is 0 Å². The van der Waals surface area contributed by atoms with Crippen molar-refractivity contribution in [2.45, 2.75) is 6.92 Å². The topological polar surface area (TPSA) is 54.7 Å². The van der Waals surface area contributed by atoms with Crippen molar-refractivity contribution in [2.24, 2.45) is 0 Å². The second-order valence-corrected chi connectivity index (χ2v) is 3.60. The highest BCUT2D eigenvalue weighted by Gasteiger charge is 2.05. The third kappa shape index (κ3) is 1.10. The van der Waals surface area contributed by atoms with Crippen LogP contribution in [-0.2, 0) is 0 Å². The van der Waals surface area contributed by atoms with Gasteiger partial charge in [-0.3, -0.25) is 0 Å². The van der Waals surface area contributed by atoms with Crippen LogP contribution in [0.3, 0.4) is 0 Å². The van der Waals surface area contributed by atoms with E-state index in [4.69, 9.17) is 5.73 Å². The normalized spacial score (nSPS) is 10.4. The van der Waals surface area contributed by atoms with Gasteiger partial charge in [-0.2, -0.15) is 0 Å². The third-order valence-corrected chi connectivity index (χ3v) is 2.71. The van der Waals surface area contributed by atoms with Crippen molar-refractivity contribution >= 4 is 16.3 Å². The number of aromatic nitrogens is 2. The van der Waals surface area contributed by atoms with Gasteiger partial charge in [0, 0.05) is 18.0 Å². The molecular weight excluding hydrogens is 170 g/mol. The van der Waals surface area contributed by atoms with Crippen molar-refractivity contribution in [1.29, 1.82) is 0 Å². The Morgan fingerprint density at radius 1 is 1.58 bits per heavy atom. The second kappa shape index (κ2) is 2.64. The highest BCUT2D eigenvalue weighted by molar-refractivity contribution is 7.18. The minimum atomic E-state index is 0.797.